The van der Waals surface area contributed by atoms with Crippen molar-refractivity contribution in [2.75, 3.05) is 11.9 Å². The van der Waals surface area contributed by atoms with Gasteiger partial charge < -0.3 is 5.32 Å². The molecule has 13 heavy (non-hydrogen) atoms. The van der Waals surface area contributed by atoms with Gasteiger partial charge in [0.05, 0.1) is 0 Å². The Labute approximate surface area is 78.2 Å². The molecule has 0 saturated heterocycles. The smallest absolute Gasteiger partial charge is 0.214 e. The van der Waals surface area contributed by atoms with E-state index < -0.39 is 5.95 Å². The third kappa shape index (κ3) is 3.87. The van der Waals surface area contributed by atoms with E-state index in [4.69, 9.17) is 0 Å². The Hall–Kier alpha value is -1.12. The summed E-state index contributed by atoms with van der Waals surface area (Å²) >= 11 is 0. The number of hydrogen-bond acceptors (Lipinski definition) is 2. The molecule has 0 spiro atoms. The van der Waals surface area contributed by atoms with Crippen LogP contribution in [0.25, 0.3) is 0 Å². The highest BCUT2D eigenvalue weighted by molar-refractivity contribution is 5.33. The van der Waals surface area contributed by atoms with Gasteiger partial charge in [-0.3, -0.25) is 0 Å². The van der Waals surface area contributed by atoms with Crippen molar-refractivity contribution in [1.29, 1.82) is 0 Å². The van der Waals surface area contributed by atoms with Crippen LogP contribution in [0.1, 0.15) is 20.3 Å². The van der Waals surface area contributed by atoms with Crippen molar-refractivity contribution in [3.05, 3.63) is 24.1 Å². The van der Waals surface area contributed by atoms with Crippen LogP contribution in [-0.4, -0.2) is 11.5 Å². The van der Waals surface area contributed by atoms with E-state index in [9.17, 15) is 4.39 Å². The Kier molecular flexibility index (Phi) is 3.68. The zero-order valence-electron chi connectivity index (χ0n) is 8.05. The molecule has 1 rings (SSSR count). The summed E-state index contributed by atoms with van der Waals surface area (Å²) in [4.78, 5) is 3.69. The van der Waals surface area contributed by atoms with Gasteiger partial charge in [-0.1, -0.05) is 19.9 Å². The van der Waals surface area contributed by atoms with Gasteiger partial charge in [0.25, 0.3) is 0 Å². The van der Waals surface area contributed by atoms with Crippen molar-refractivity contribution in [3.63, 3.8) is 0 Å². The lowest BCUT2D eigenvalue weighted by atomic mass is 10.1. The van der Waals surface area contributed by atoms with Crippen molar-refractivity contribution < 1.29 is 4.39 Å². The van der Waals surface area contributed by atoms with Crippen molar-refractivity contribution in [2.24, 2.45) is 5.92 Å². The monoisotopic (exact) mass is 182 g/mol. The lowest BCUT2D eigenvalue weighted by Gasteiger charge is -2.06. The Bertz CT molecular complexity index is 261. The summed E-state index contributed by atoms with van der Waals surface area (Å²) in [6.45, 7) is 5.15. The second-order valence-corrected chi connectivity index (χ2v) is 3.45. The molecule has 0 aliphatic rings. The van der Waals surface area contributed by atoms with E-state index in [0.717, 1.165) is 13.0 Å². The first-order chi connectivity index (χ1) is 6.18. The van der Waals surface area contributed by atoms with E-state index in [1.54, 1.807) is 12.1 Å². The summed E-state index contributed by atoms with van der Waals surface area (Å²) in [6, 6.07) is 4.76. The lowest BCUT2D eigenvalue weighted by Crippen LogP contribution is -2.06. The molecule has 0 bridgehead atoms. The fourth-order valence-electron chi connectivity index (χ4n) is 0.996. The highest BCUT2D eigenvalue weighted by Gasteiger charge is 1.96. The molecule has 0 aliphatic heterocycles. The van der Waals surface area contributed by atoms with Crippen LogP contribution in [0, 0.1) is 11.9 Å². The van der Waals surface area contributed by atoms with E-state index in [-0.39, 0.29) is 0 Å². The zero-order chi connectivity index (χ0) is 9.68. The minimum Gasteiger partial charge on any atom is -0.370 e. The van der Waals surface area contributed by atoms with Gasteiger partial charge >= 0.3 is 0 Å². The molecule has 0 aliphatic carbocycles. The van der Waals surface area contributed by atoms with Crippen molar-refractivity contribution in [2.45, 2.75) is 20.3 Å². The molecule has 0 atom stereocenters. The van der Waals surface area contributed by atoms with E-state index in [1.807, 2.05) is 0 Å². The molecular formula is C10H15FN2. The van der Waals surface area contributed by atoms with Gasteiger partial charge in [0, 0.05) is 6.54 Å². The van der Waals surface area contributed by atoms with Crippen LogP contribution in [0.2, 0.25) is 0 Å². The fraction of sp³-hybridized carbons (Fsp3) is 0.500. The summed E-state index contributed by atoms with van der Waals surface area (Å²) in [5.74, 6) is 0.830. The Morgan fingerprint density at radius 2 is 2.23 bits per heavy atom. The molecule has 0 saturated carbocycles. The highest BCUT2D eigenvalue weighted by Crippen LogP contribution is 2.05. The maximum Gasteiger partial charge on any atom is 0.214 e. The zero-order valence-corrected chi connectivity index (χ0v) is 8.05. The van der Waals surface area contributed by atoms with Crippen LogP contribution in [0.3, 0.4) is 0 Å². The Morgan fingerprint density at radius 3 is 2.85 bits per heavy atom. The SMILES string of the molecule is CC(C)CCNc1cccc(F)n1. The molecule has 3 heteroatoms. The van der Waals surface area contributed by atoms with Gasteiger partial charge in [-0.25, -0.2) is 4.98 Å². The summed E-state index contributed by atoms with van der Waals surface area (Å²) in [5.41, 5.74) is 0. The molecule has 72 valence electrons. The molecule has 0 radical (unpaired) electrons. The van der Waals surface area contributed by atoms with Crippen molar-refractivity contribution >= 4 is 5.82 Å². The predicted octanol–water partition coefficient (Wildman–Crippen LogP) is 2.68. The van der Waals surface area contributed by atoms with Crippen molar-refractivity contribution in [1.82, 2.24) is 4.98 Å². The second-order valence-electron chi connectivity index (χ2n) is 3.45. The second kappa shape index (κ2) is 4.80. The summed E-state index contributed by atoms with van der Waals surface area (Å²) in [5, 5.41) is 3.07. The Morgan fingerprint density at radius 1 is 1.46 bits per heavy atom. The quantitative estimate of drug-likeness (QED) is 0.724. The standard InChI is InChI=1S/C10H15FN2/c1-8(2)6-7-12-10-5-3-4-9(11)13-10/h3-5,8H,6-7H2,1-2H3,(H,12,13). The molecule has 1 N–H and O–H groups in total. The maximum atomic E-state index is 12.6. The molecule has 1 heterocycles. The first-order valence-electron chi connectivity index (χ1n) is 4.55. The summed E-state index contributed by atoms with van der Waals surface area (Å²) < 4.78 is 12.6. The van der Waals surface area contributed by atoms with E-state index in [0.29, 0.717) is 11.7 Å². The minimum absolute atomic E-state index is 0.436. The molecule has 0 unspecified atom stereocenters. The average Bonchev–Trinajstić information content (AvgIpc) is 2.03. The van der Waals surface area contributed by atoms with Crippen LogP contribution in [0.5, 0.6) is 0 Å². The van der Waals surface area contributed by atoms with Crippen LogP contribution >= 0.6 is 0 Å². The predicted molar refractivity (Wildman–Crippen MR) is 52.1 cm³/mol. The number of pyridine rings is 1. The molecule has 0 fully saturated rings. The number of halogens is 1. The number of anilines is 1. The number of rotatable bonds is 4. The van der Waals surface area contributed by atoms with Crippen LogP contribution in [0.4, 0.5) is 10.2 Å². The Balaban J connectivity index is 2.37. The first-order valence-corrected chi connectivity index (χ1v) is 4.55. The topological polar surface area (TPSA) is 24.9 Å². The lowest BCUT2D eigenvalue weighted by molar-refractivity contribution is 0.582. The van der Waals surface area contributed by atoms with E-state index in [1.165, 1.54) is 6.07 Å². The van der Waals surface area contributed by atoms with E-state index >= 15 is 0 Å². The summed E-state index contributed by atoms with van der Waals surface area (Å²) in [6.07, 6.45) is 1.07. The molecule has 2 nitrogen and oxygen atoms in total. The van der Waals surface area contributed by atoms with Crippen LogP contribution < -0.4 is 5.32 Å². The first kappa shape index (κ1) is 9.96. The number of nitrogens with zero attached hydrogens (tertiary/aromatic N) is 1. The van der Waals surface area contributed by atoms with Gasteiger partial charge in [0.2, 0.25) is 5.95 Å². The fourth-order valence-corrected chi connectivity index (χ4v) is 0.996. The van der Waals surface area contributed by atoms with E-state index in [2.05, 4.69) is 24.1 Å². The normalized spacial score (nSPS) is 10.5. The number of nitrogens with one attached hydrogen (secondary N) is 1. The largest absolute Gasteiger partial charge is 0.370 e. The van der Waals surface area contributed by atoms with Gasteiger partial charge in [0.1, 0.15) is 5.82 Å². The number of hydrogen-bond donors (Lipinski definition) is 1. The molecular weight excluding hydrogens is 167 g/mol. The van der Waals surface area contributed by atoms with Gasteiger partial charge in [0.15, 0.2) is 0 Å². The molecule has 1 aromatic rings. The third-order valence-electron chi connectivity index (χ3n) is 1.74. The maximum absolute atomic E-state index is 12.6. The highest BCUT2D eigenvalue weighted by atomic mass is 19.1. The number of aromatic nitrogens is 1. The van der Waals surface area contributed by atoms with Crippen LogP contribution in [-0.2, 0) is 0 Å². The summed E-state index contributed by atoms with van der Waals surface area (Å²) in [7, 11) is 0. The molecule has 0 amide bonds. The van der Waals surface area contributed by atoms with Gasteiger partial charge in [-0.05, 0) is 24.5 Å². The molecule has 0 aromatic carbocycles. The van der Waals surface area contributed by atoms with Crippen molar-refractivity contribution in [3.8, 4) is 0 Å². The molecule has 1 aromatic heterocycles. The minimum atomic E-state index is -0.436. The van der Waals surface area contributed by atoms with Gasteiger partial charge in [-0.2, -0.15) is 4.39 Å². The third-order valence-corrected chi connectivity index (χ3v) is 1.74. The van der Waals surface area contributed by atoms with Crippen LogP contribution in [0.15, 0.2) is 18.2 Å². The average molecular weight is 182 g/mol. The van der Waals surface area contributed by atoms with Gasteiger partial charge in [-0.15, -0.1) is 0 Å².